The number of rotatable bonds is 5. The number of benzene rings is 1. The molecule has 20 heavy (non-hydrogen) atoms. The predicted octanol–water partition coefficient (Wildman–Crippen LogP) is 2.55. The van der Waals surface area contributed by atoms with Crippen LogP contribution in [0.1, 0.15) is 5.69 Å². The van der Waals surface area contributed by atoms with Crippen molar-refractivity contribution < 1.29 is 8.42 Å². The fraction of sp³-hybridized carbons (Fsp3) is 0.182. The van der Waals surface area contributed by atoms with E-state index in [-0.39, 0.29) is 27.2 Å². The Balaban J connectivity index is 2.12. The Morgan fingerprint density at radius 2 is 2.10 bits per heavy atom. The molecule has 0 spiro atoms. The molecule has 0 fully saturated rings. The molecule has 5 nitrogen and oxygen atoms in total. The maximum atomic E-state index is 12.1. The average Bonchev–Trinajstić information content (AvgIpc) is 2.88. The van der Waals surface area contributed by atoms with Crippen molar-refractivity contribution in [3.63, 3.8) is 0 Å². The van der Waals surface area contributed by atoms with Gasteiger partial charge >= 0.3 is 0 Å². The summed E-state index contributed by atoms with van der Waals surface area (Å²) >= 11 is 13.2. The van der Waals surface area contributed by atoms with Gasteiger partial charge in [-0.15, -0.1) is 11.3 Å². The van der Waals surface area contributed by atoms with Crippen molar-refractivity contribution in [3.8, 4) is 0 Å². The number of nitrogens with zero attached hydrogens (tertiary/aromatic N) is 1. The molecule has 0 bridgehead atoms. The lowest BCUT2D eigenvalue weighted by molar-refractivity contribution is 0.581. The van der Waals surface area contributed by atoms with Gasteiger partial charge in [-0.2, -0.15) is 0 Å². The first-order valence-electron chi connectivity index (χ1n) is 5.52. The van der Waals surface area contributed by atoms with Crippen LogP contribution in [0, 0.1) is 0 Å². The van der Waals surface area contributed by atoms with Gasteiger partial charge in [-0.1, -0.05) is 23.2 Å². The number of aromatic nitrogens is 1. The molecule has 1 heterocycles. The quantitative estimate of drug-likeness (QED) is 0.810. The molecule has 0 saturated heterocycles. The van der Waals surface area contributed by atoms with Gasteiger partial charge < -0.3 is 5.73 Å². The Hall–Kier alpha value is -0.860. The number of hydrogen-bond donors (Lipinski definition) is 2. The topological polar surface area (TPSA) is 85.1 Å². The van der Waals surface area contributed by atoms with E-state index in [0.717, 1.165) is 5.69 Å². The van der Waals surface area contributed by atoms with E-state index in [0.29, 0.717) is 6.42 Å². The Labute approximate surface area is 130 Å². The molecule has 2 rings (SSSR count). The van der Waals surface area contributed by atoms with Crippen LogP contribution in [0.4, 0.5) is 5.69 Å². The first-order chi connectivity index (χ1) is 9.42. The van der Waals surface area contributed by atoms with E-state index < -0.39 is 10.0 Å². The monoisotopic (exact) mass is 351 g/mol. The fourth-order valence-corrected chi connectivity index (χ4v) is 3.90. The lowest BCUT2D eigenvalue weighted by atomic mass is 10.3. The van der Waals surface area contributed by atoms with Crippen molar-refractivity contribution >= 4 is 50.2 Å². The number of nitrogens with one attached hydrogen (secondary N) is 1. The van der Waals surface area contributed by atoms with Crippen molar-refractivity contribution in [3.05, 3.63) is 38.8 Å². The second-order valence-electron chi connectivity index (χ2n) is 3.90. The Bertz CT molecular complexity index is 703. The molecule has 0 aliphatic carbocycles. The van der Waals surface area contributed by atoms with Crippen molar-refractivity contribution in [2.45, 2.75) is 11.3 Å². The van der Waals surface area contributed by atoms with Gasteiger partial charge in [0, 0.05) is 18.3 Å². The number of nitrogens with two attached hydrogens (primary N) is 1. The molecule has 0 amide bonds. The summed E-state index contributed by atoms with van der Waals surface area (Å²) in [4.78, 5) is 3.99. The molecule has 0 unspecified atom stereocenters. The Morgan fingerprint density at radius 1 is 1.35 bits per heavy atom. The third kappa shape index (κ3) is 3.42. The molecule has 0 atom stereocenters. The van der Waals surface area contributed by atoms with Crippen LogP contribution in [0.15, 0.2) is 27.9 Å². The lowest BCUT2D eigenvalue weighted by Gasteiger charge is -2.10. The smallest absolute Gasteiger partial charge is 0.242 e. The zero-order valence-corrected chi connectivity index (χ0v) is 13.3. The number of anilines is 1. The summed E-state index contributed by atoms with van der Waals surface area (Å²) < 4.78 is 26.7. The van der Waals surface area contributed by atoms with Crippen LogP contribution >= 0.6 is 34.5 Å². The molecular weight excluding hydrogens is 341 g/mol. The fourth-order valence-electron chi connectivity index (χ4n) is 1.51. The van der Waals surface area contributed by atoms with Crippen LogP contribution in [-0.4, -0.2) is 19.9 Å². The van der Waals surface area contributed by atoms with Gasteiger partial charge in [0.2, 0.25) is 10.0 Å². The second-order valence-corrected chi connectivity index (χ2v) is 7.14. The van der Waals surface area contributed by atoms with Gasteiger partial charge in [0.15, 0.2) is 0 Å². The summed E-state index contributed by atoms with van der Waals surface area (Å²) in [5.41, 5.74) is 8.20. The van der Waals surface area contributed by atoms with Crippen LogP contribution in [0.25, 0.3) is 0 Å². The molecule has 0 aliphatic heterocycles. The number of hydrogen-bond acceptors (Lipinski definition) is 5. The summed E-state index contributed by atoms with van der Waals surface area (Å²) in [5, 5.41) is 2.01. The standard InChI is InChI=1S/C11H11Cl2N3O2S2/c12-8-1-2-9(10(13)11(8)14)20(17,18)16-4-3-7-5-19-6-15-7/h1-2,5-6,16H,3-4,14H2. The maximum Gasteiger partial charge on any atom is 0.242 e. The second kappa shape index (κ2) is 6.28. The van der Waals surface area contributed by atoms with Crippen molar-refractivity contribution in [1.29, 1.82) is 0 Å². The third-order valence-electron chi connectivity index (χ3n) is 2.54. The average molecular weight is 352 g/mol. The normalized spacial score (nSPS) is 11.7. The Kier molecular flexibility index (Phi) is 4.87. The van der Waals surface area contributed by atoms with Gasteiger partial charge in [0.25, 0.3) is 0 Å². The maximum absolute atomic E-state index is 12.1. The molecule has 108 valence electrons. The highest BCUT2D eigenvalue weighted by molar-refractivity contribution is 7.89. The molecule has 1 aromatic carbocycles. The van der Waals surface area contributed by atoms with Crippen LogP contribution in [0.3, 0.4) is 0 Å². The number of thiazole rings is 1. The minimum absolute atomic E-state index is 0.0516. The summed E-state index contributed by atoms with van der Waals surface area (Å²) in [6.07, 6.45) is 0.503. The van der Waals surface area contributed by atoms with Gasteiger partial charge in [-0.25, -0.2) is 18.1 Å². The highest BCUT2D eigenvalue weighted by Gasteiger charge is 2.20. The van der Waals surface area contributed by atoms with E-state index >= 15 is 0 Å². The van der Waals surface area contributed by atoms with Crippen LogP contribution < -0.4 is 10.5 Å². The van der Waals surface area contributed by atoms with Crippen molar-refractivity contribution in [1.82, 2.24) is 9.71 Å². The molecule has 0 aliphatic rings. The van der Waals surface area contributed by atoms with Gasteiger partial charge in [-0.3, -0.25) is 0 Å². The largest absolute Gasteiger partial charge is 0.396 e. The zero-order valence-electron chi connectivity index (χ0n) is 10.1. The minimum atomic E-state index is -3.73. The number of nitrogen functional groups attached to an aromatic ring is 1. The summed E-state index contributed by atoms with van der Waals surface area (Å²) in [6, 6.07) is 2.73. The van der Waals surface area contributed by atoms with E-state index in [2.05, 4.69) is 9.71 Å². The molecule has 0 radical (unpaired) electrons. The minimum Gasteiger partial charge on any atom is -0.396 e. The third-order valence-corrected chi connectivity index (χ3v) is 5.52. The predicted molar refractivity (Wildman–Crippen MR) is 81.9 cm³/mol. The first-order valence-corrected chi connectivity index (χ1v) is 8.70. The lowest BCUT2D eigenvalue weighted by Crippen LogP contribution is -2.26. The SMILES string of the molecule is Nc1c(Cl)ccc(S(=O)(=O)NCCc2cscn2)c1Cl. The molecule has 9 heteroatoms. The van der Waals surface area contributed by atoms with E-state index in [4.69, 9.17) is 28.9 Å². The Morgan fingerprint density at radius 3 is 2.75 bits per heavy atom. The van der Waals surface area contributed by atoms with E-state index in [1.54, 1.807) is 5.51 Å². The highest BCUT2D eigenvalue weighted by atomic mass is 35.5. The molecule has 2 aromatic rings. The summed E-state index contributed by atoms with van der Waals surface area (Å²) in [5.74, 6) is 0. The van der Waals surface area contributed by atoms with Crippen LogP contribution in [0.5, 0.6) is 0 Å². The number of halogens is 2. The molecule has 0 saturated carbocycles. The van der Waals surface area contributed by atoms with Crippen LogP contribution in [0.2, 0.25) is 10.0 Å². The summed E-state index contributed by atoms with van der Waals surface area (Å²) in [7, 11) is -3.73. The molecular formula is C11H11Cl2N3O2S2. The molecule has 3 N–H and O–H groups in total. The van der Waals surface area contributed by atoms with E-state index in [1.165, 1.54) is 23.5 Å². The first kappa shape index (κ1) is 15.5. The van der Waals surface area contributed by atoms with Gasteiger partial charge in [0.05, 0.1) is 26.9 Å². The number of sulfonamides is 1. The van der Waals surface area contributed by atoms with E-state index in [1.807, 2.05) is 5.38 Å². The van der Waals surface area contributed by atoms with Gasteiger partial charge in [-0.05, 0) is 12.1 Å². The zero-order chi connectivity index (χ0) is 14.8. The van der Waals surface area contributed by atoms with E-state index in [9.17, 15) is 8.42 Å². The van der Waals surface area contributed by atoms with Crippen LogP contribution in [-0.2, 0) is 16.4 Å². The summed E-state index contributed by atoms with van der Waals surface area (Å²) in [6.45, 7) is 0.227. The van der Waals surface area contributed by atoms with Crippen molar-refractivity contribution in [2.24, 2.45) is 0 Å². The highest BCUT2D eigenvalue weighted by Crippen LogP contribution is 2.32. The van der Waals surface area contributed by atoms with Gasteiger partial charge in [0.1, 0.15) is 4.90 Å². The molecule has 1 aromatic heterocycles. The van der Waals surface area contributed by atoms with Crippen molar-refractivity contribution in [2.75, 3.05) is 12.3 Å².